The van der Waals surface area contributed by atoms with Gasteiger partial charge in [0, 0.05) is 19.2 Å². The first-order chi connectivity index (χ1) is 14.8. The van der Waals surface area contributed by atoms with E-state index in [0.29, 0.717) is 5.56 Å². The van der Waals surface area contributed by atoms with Gasteiger partial charge in [0.05, 0.1) is 0 Å². The molecular formula is C23H22F2N2O3S. The zero-order valence-corrected chi connectivity index (χ0v) is 17.6. The van der Waals surface area contributed by atoms with Crippen LogP contribution in [0.3, 0.4) is 0 Å². The molecule has 1 amide bonds. The Morgan fingerprint density at radius 1 is 0.903 bits per heavy atom. The third-order valence-electron chi connectivity index (χ3n) is 4.75. The van der Waals surface area contributed by atoms with Crippen LogP contribution in [0.5, 0.6) is 0 Å². The van der Waals surface area contributed by atoms with Gasteiger partial charge < -0.3 is 4.90 Å². The van der Waals surface area contributed by atoms with E-state index in [4.69, 9.17) is 0 Å². The Balaban J connectivity index is 1.88. The zero-order valence-electron chi connectivity index (χ0n) is 16.8. The van der Waals surface area contributed by atoms with Crippen LogP contribution in [0.25, 0.3) is 0 Å². The second-order valence-corrected chi connectivity index (χ2v) is 8.76. The second-order valence-electron chi connectivity index (χ2n) is 7.08. The van der Waals surface area contributed by atoms with Gasteiger partial charge in [-0.2, -0.15) is 4.72 Å². The lowest BCUT2D eigenvalue weighted by Crippen LogP contribution is -2.48. The molecule has 0 heterocycles. The van der Waals surface area contributed by atoms with Crippen LogP contribution in [-0.4, -0.2) is 32.3 Å². The summed E-state index contributed by atoms with van der Waals surface area (Å²) in [5.74, 6) is -1.94. The van der Waals surface area contributed by atoms with Crippen LogP contribution in [0.1, 0.15) is 11.1 Å². The van der Waals surface area contributed by atoms with E-state index in [9.17, 15) is 22.0 Å². The minimum Gasteiger partial charge on any atom is -0.340 e. The third-order valence-corrected chi connectivity index (χ3v) is 6.25. The number of halogens is 2. The van der Waals surface area contributed by atoms with Crippen molar-refractivity contribution in [2.75, 3.05) is 7.05 Å². The van der Waals surface area contributed by atoms with Gasteiger partial charge in [0.2, 0.25) is 15.9 Å². The number of nitrogens with one attached hydrogen (secondary N) is 1. The van der Waals surface area contributed by atoms with E-state index < -0.39 is 38.5 Å². The predicted octanol–water partition coefficient (Wildman–Crippen LogP) is 3.51. The van der Waals surface area contributed by atoms with Crippen molar-refractivity contribution in [2.45, 2.75) is 23.9 Å². The lowest BCUT2D eigenvalue weighted by Gasteiger charge is -2.25. The first kappa shape index (κ1) is 22.6. The molecule has 3 rings (SSSR count). The molecule has 0 saturated carbocycles. The van der Waals surface area contributed by atoms with Gasteiger partial charge in [-0.1, -0.05) is 60.7 Å². The molecule has 0 radical (unpaired) electrons. The summed E-state index contributed by atoms with van der Waals surface area (Å²) >= 11 is 0. The van der Waals surface area contributed by atoms with Crippen molar-refractivity contribution in [1.29, 1.82) is 0 Å². The first-order valence-corrected chi connectivity index (χ1v) is 11.1. The lowest BCUT2D eigenvalue weighted by molar-refractivity contribution is -0.132. The largest absolute Gasteiger partial charge is 0.340 e. The standard InChI is InChI=1S/C23H22F2N2O3S/c1-27(16-18-11-5-6-12-19(18)24)23(28)21(15-17-9-3-2-4-10-17)26-31(29,30)22-14-8-7-13-20(22)25/h2-14,21,26H,15-16H2,1H3/t21-/m0/s1. The SMILES string of the molecule is CN(Cc1ccccc1F)C(=O)[C@H](Cc1ccccc1)NS(=O)(=O)c1ccccc1F. The number of carbonyl (C=O) groups is 1. The molecular weight excluding hydrogens is 422 g/mol. The molecule has 31 heavy (non-hydrogen) atoms. The van der Waals surface area contributed by atoms with E-state index >= 15 is 0 Å². The molecule has 0 bridgehead atoms. The minimum absolute atomic E-state index is 0.0434. The number of amides is 1. The highest BCUT2D eigenvalue weighted by Crippen LogP contribution is 2.17. The van der Waals surface area contributed by atoms with Gasteiger partial charge >= 0.3 is 0 Å². The fraction of sp³-hybridized carbons (Fsp3) is 0.174. The van der Waals surface area contributed by atoms with Gasteiger partial charge in [0.15, 0.2) is 0 Å². The van der Waals surface area contributed by atoms with Crippen molar-refractivity contribution in [2.24, 2.45) is 0 Å². The molecule has 3 aromatic carbocycles. The van der Waals surface area contributed by atoms with Crippen LogP contribution >= 0.6 is 0 Å². The van der Waals surface area contributed by atoms with Crippen LogP contribution in [-0.2, 0) is 27.8 Å². The number of hydrogen-bond donors (Lipinski definition) is 1. The number of sulfonamides is 1. The van der Waals surface area contributed by atoms with Gasteiger partial charge in [0.25, 0.3) is 0 Å². The maximum absolute atomic E-state index is 14.1. The van der Waals surface area contributed by atoms with Crippen molar-refractivity contribution < 1.29 is 22.0 Å². The smallest absolute Gasteiger partial charge is 0.244 e. The molecule has 1 N–H and O–H groups in total. The van der Waals surface area contributed by atoms with Crippen LogP contribution in [0.4, 0.5) is 8.78 Å². The molecule has 0 spiro atoms. The van der Waals surface area contributed by atoms with Crippen molar-refractivity contribution in [1.82, 2.24) is 9.62 Å². The summed E-state index contributed by atoms with van der Waals surface area (Å²) in [6.07, 6.45) is 0.0506. The average molecular weight is 445 g/mol. The number of likely N-dealkylation sites (N-methyl/N-ethyl adjacent to an activating group) is 1. The maximum Gasteiger partial charge on any atom is 0.244 e. The minimum atomic E-state index is -4.32. The van der Waals surface area contributed by atoms with Crippen molar-refractivity contribution >= 4 is 15.9 Å². The molecule has 3 aromatic rings. The Labute approximate surface area is 180 Å². The monoisotopic (exact) mass is 444 g/mol. The summed E-state index contributed by atoms with van der Waals surface area (Å²) in [6, 6.07) is 18.6. The van der Waals surface area contributed by atoms with Crippen LogP contribution < -0.4 is 4.72 Å². The number of hydrogen-bond acceptors (Lipinski definition) is 3. The van der Waals surface area contributed by atoms with E-state index in [2.05, 4.69) is 4.72 Å². The Hall–Kier alpha value is -3.10. The topological polar surface area (TPSA) is 66.5 Å². The summed E-state index contributed by atoms with van der Waals surface area (Å²) in [4.78, 5) is 13.8. The van der Waals surface area contributed by atoms with Crippen LogP contribution in [0, 0.1) is 11.6 Å². The highest BCUT2D eigenvalue weighted by Gasteiger charge is 2.30. The summed E-state index contributed by atoms with van der Waals surface area (Å²) in [5, 5.41) is 0. The highest BCUT2D eigenvalue weighted by molar-refractivity contribution is 7.89. The number of carbonyl (C=O) groups excluding carboxylic acids is 1. The molecule has 0 unspecified atom stereocenters. The third kappa shape index (κ3) is 5.74. The van der Waals surface area contributed by atoms with Crippen molar-refractivity contribution in [3.8, 4) is 0 Å². The fourth-order valence-electron chi connectivity index (χ4n) is 3.17. The quantitative estimate of drug-likeness (QED) is 0.578. The lowest BCUT2D eigenvalue weighted by atomic mass is 10.1. The van der Waals surface area contributed by atoms with Crippen molar-refractivity contribution in [3.05, 3.63) is 102 Å². The molecule has 0 aliphatic rings. The Kier molecular flexibility index (Phi) is 7.14. The van der Waals surface area contributed by atoms with Crippen molar-refractivity contribution in [3.63, 3.8) is 0 Å². The second kappa shape index (κ2) is 9.80. The molecule has 0 aromatic heterocycles. The van der Waals surface area contributed by atoms with Crippen LogP contribution in [0.15, 0.2) is 83.8 Å². The molecule has 1 atom stereocenters. The van der Waals surface area contributed by atoms with Crippen LogP contribution in [0.2, 0.25) is 0 Å². The van der Waals surface area contributed by atoms with Gasteiger partial charge in [-0.3, -0.25) is 4.79 Å². The molecule has 8 heteroatoms. The summed E-state index contributed by atoms with van der Waals surface area (Å²) in [6.45, 7) is -0.0434. The van der Waals surface area contributed by atoms with E-state index in [1.807, 2.05) is 0 Å². The van der Waals surface area contributed by atoms with Gasteiger partial charge in [0.1, 0.15) is 22.6 Å². The Morgan fingerprint density at radius 3 is 2.13 bits per heavy atom. The van der Waals surface area contributed by atoms with Gasteiger partial charge in [-0.05, 0) is 30.2 Å². The summed E-state index contributed by atoms with van der Waals surface area (Å²) < 4.78 is 56.1. The molecule has 0 saturated heterocycles. The maximum atomic E-state index is 14.1. The van der Waals surface area contributed by atoms with Gasteiger partial charge in [-0.15, -0.1) is 0 Å². The summed E-state index contributed by atoms with van der Waals surface area (Å²) in [7, 11) is -2.85. The van der Waals surface area contributed by atoms with E-state index in [0.717, 1.165) is 17.7 Å². The first-order valence-electron chi connectivity index (χ1n) is 9.57. The molecule has 0 aliphatic carbocycles. The van der Waals surface area contributed by atoms with Gasteiger partial charge in [-0.25, -0.2) is 17.2 Å². The molecule has 5 nitrogen and oxygen atoms in total. The normalized spacial score (nSPS) is 12.4. The molecule has 162 valence electrons. The number of rotatable bonds is 8. The Morgan fingerprint density at radius 2 is 1.48 bits per heavy atom. The average Bonchev–Trinajstić information content (AvgIpc) is 2.75. The highest BCUT2D eigenvalue weighted by atomic mass is 32.2. The van der Waals surface area contributed by atoms with E-state index in [1.165, 1.54) is 30.1 Å². The van der Waals surface area contributed by atoms with E-state index in [1.54, 1.807) is 48.5 Å². The fourth-order valence-corrected chi connectivity index (χ4v) is 4.44. The predicted molar refractivity (Wildman–Crippen MR) is 114 cm³/mol. The number of nitrogens with zero attached hydrogens (tertiary/aromatic N) is 1. The van der Waals surface area contributed by atoms with E-state index in [-0.39, 0.29) is 13.0 Å². The zero-order chi connectivity index (χ0) is 22.4. The summed E-state index contributed by atoms with van der Waals surface area (Å²) in [5.41, 5.74) is 1.02. The number of benzene rings is 3. The molecule has 0 aliphatic heterocycles. The Bertz CT molecular complexity index is 1150. The molecule has 0 fully saturated rings.